The summed E-state index contributed by atoms with van der Waals surface area (Å²) >= 11 is 0. The van der Waals surface area contributed by atoms with Crippen LogP contribution in [0.25, 0.3) is 22.4 Å². The Morgan fingerprint density at radius 1 is 0.968 bits per heavy atom. The first-order chi connectivity index (χ1) is 15.2. The van der Waals surface area contributed by atoms with E-state index in [4.69, 9.17) is 4.74 Å². The molecule has 1 aliphatic rings. The zero-order chi connectivity index (χ0) is 21.2. The molecule has 0 spiro atoms. The van der Waals surface area contributed by atoms with Crippen LogP contribution in [0.15, 0.2) is 65.6 Å². The maximum atomic E-state index is 12.8. The van der Waals surface area contributed by atoms with Crippen molar-refractivity contribution in [1.29, 1.82) is 0 Å². The summed E-state index contributed by atoms with van der Waals surface area (Å²) in [7, 11) is 1.70. The smallest absolute Gasteiger partial charge is 0.278 e. The van der Waals surface area contributed by atoms with E-state index in [9.17, 15) is 4.79 Å². The summed E-state index contributed by atoms with van der Waals surface area (Å²) in [5.41, 5.74) is 4.04. The molecule has 1 fully saturated rings. The Morgan fingerprint density at radius 2 is 1.71 bits per heavy atom. The molecule has 0 radical (unpaired) electrons. The van der Waals surface area contributed by atoms with E-state index in [1.807, 2.05) is 42.5 Å². The van der Waals surface area contributed by atoms with Crippen LogP contribution >= 0.6 is 0 Å². The molecule has 0 unspecified atom stereocenters. The Balaban J connectivity index is 1.42. The van der Waals surface area contributed by atoms with Gasteiger partial charge >= 0.3 is 0 Å². The maximum Gasteiger partial charge on any atom is 0.278 e. The molecule has 156 valence electrons. The first-order valence-corrected chi connectivity index (χ1v) is 10.2. The number of nitrogens with zero attached hydrogens (tertiary/aromatic N) is 5. The molecular formula is C23H22N6O2. The maximum absolute atomic E-state index is 12.8. The molecule has 0 bridgehead atoms. The molecule has 2 aromatic carbocycles. The summed E-state index contributed by atoms with van der Waals surface area (Å²) in [6.07, 6.45) is 1.64. The number of hydrogen-bond donors (Lipinski definition) is 1. The van der Waals surface area contributed by atoms with Crippen molar-refractivity contribution in [3.05, 3.63) is 71.1 Å². The van der Waals surface area contributed by atoms with Gasteiger partial charge in [-0.2, -0.15) is 4.98 Å². The van der Waals surface area contributed by atoms with Crippen LogP contribution in [-0.4, -0.2) is 45.8 Å². The molecule has 0 saturated carbocycles. The van der Waals surface area contributed by atoms with E-state index in [-0.39, 0.29) is 5.56 Å². The van der Waals surface area contributed by atoms with E-state index in [1.165, 1.54) is 4.57 Å². The standard InChI is InChI=1S/C23H22N6O2/c1-28-21-19(26-20(22(28)30)16-5-3-2-4-6-16)15-24-23(27-21)25-17-7-9-18(10-8-17)29-11-13-31-14-12-29/h2-10,15H,11-14H2,1H3,(H,24,25,27). The lowest BCUT2D eigenvalue weighted by molar-refractivity contribution is 0.122. The first kappa shape index (κ1) is 19.2. The van der Waals surface area contributed by atoms with Gasteiger partial charge in [-0.3, -0.25) is 9.36 Å². The highest BCUT2D eigenvalue weighted by Gasteiger charge is 2.13. The van der Waals surface area contributed by atoms with Crippen LogP contribution in [-0.2, 0) is 11.8 Å². The van der Waals surface area contributed by atoms with Crippen molar-refractivity contribution in [2.45, 2.75) is 0 Å². The number of morpholine rings is 1. The average Bonchev–Trinajstić information content (AvgIpc) is 2.83. The van der Waals surface area contributed by atoms with E-state index in [1.54, 1.807) is 13.2 Å². The number of aromatic nitrogens is 4. The number of ether oxygens (including phenoxy) is 1. The van der Waals surface area contributed by atoms with Crippen molar-refractivity contribution in [3.8, 4) is 11.3 Å². The molecule has 8 nitrogen and oxygen atoms in total. The lowest BCUT2D eigenvalue weighted by Gasteiger charge is -2.28. The molecule has 31 heavy (non-hydrogen) atoms. The minimum atomic E-state index is -0.196. The zero-order valence-corrected chi connectivity index (χ0v) is 17.2. The molecule has 1 aliphatic heterocycles. The summed E-state index contributed by atoms with van der Waals surface area (Å²) in [6, 6.07) is 17.5. The number of fused-ring (bicyclic) bond motifs is 1. The number of nitrogens with one attached hydrogen (secondary N) is 1. The summed E-state index contributed by atoms with van der Waals surface area (Å²) in [6.45, 7) is 3.30. The molecule has 5 rings (SSSR count). The average molecular weight is 414 g/mol. The second-order valence-electron chi connectivity index (χ2n) is 7.36. The van der Waals surface area contributed by atoms with Gasteiger partial charge in [0.2, 0.25) is 5.95 Å². The fourth-order valence-corrected chi connectivity index (χ4v) is 3.67. The summed E-state index contributed by atoms with van der Waals surface area (Å²) in [5, 5.41) is 3.21. The van der Waals surface area contributed by atoms with Crippen LogP contribution in [0.5, 0.6) is 0 Å². The number of anilines is 3. The highest BCUT2D eigenvalue weighted by molar-refractivity contribution is 5.75. The van der Waals surface area contributed by atoms with Gasteiger partial charge in [0.15, 0.2) is 5.65 Å². The van der Waals surface area contributed by atoms with E-state index in [2.05, 4.69) is 37.3 Å². The van der Waals surface area contributed by atoms with Crippen molar-refractivity contribution in [2.75, 3.05) is 36.5 Å². The van der Waals surface area contributed by atoms with Gasteiger partial charge in [0.05, 0.1) is 19.4 Å². The molecule has 0 amide bonds. The zero-order valence-electron chi connectivity index (χ0n) is 17.2. The molecule has 8 heteroatoms. The van der Waals surface area contributed by atoms with Gasteiger partial charge in [0, 0.05) is 37.1 Å². The highest BCUT2D eigenvalue weighted by Crippen LogP contribution is 2.22. The predicted octanol–water partition coefficient (Wildman–Crippen LogP) is 2.97. The Kier molecular flexibility index (Phi) is 5.05. The third-order valence-electron chi connectivity index (χ3n) is 5.35. The normalized spacial score (nSPS) is 14.0. The largest absolute Gasteiger partial charge is 0.378 e. The monoisotopic (exact) mass is 414 g/mol. The van der Waals surface area contributed by atoms with E-state index < -0.39 is 0 Å². The Labute approximate surface area is 179 Å². The van der Waals surface area contributed by atoms with Gasteiger partial charge in [-0.25, -0.2) is 9.97 Å². The van der Waals surface area contributed by atoms with Crippen LogP contribution in [0.4, 0.5) is 17.3 Å². The third kappa shape index (κ3) is 3.85. The summed E-state index contributed by atoms with van der Waals surface area (Å²) in [4.78, 5) is 28.6. The van der Waals surface area contributed by atoms with Gasteiger partial charge in [0.1, 0.15) is 11.2 Å². The highest BCUT2D eigenvalue weighted by atomic mass is 16.5. The molecule has 4 aromatic rings. The SMILES string of the molecule is Cn1c(=O)c(-c2ccccc2)nc2cnc(Nc3ccc(N4CCOCC4)cc3)nc21. The number of hydrogen-bond acceptors (Lipinski definition) is 7. The number of benzene rings is 2. The quantitative estimate of drug-likeness (QED) is 0.549. The van der Waals surface area contributed by atoms with Crippen molar-refractivity contribution >= 4 is 28.5 Å². The predicted molar refractivity (Wildman–Crippen MR) is 121 cm³/mol. The van der Waals surface area contributed by atoms with Gasteiger partial charge in [-0.05, 0) is 24.3 Å². The lowest BCUT2D eigenvalue weighted by Crippen LogP contribution is -2.36. The molecule has 1 saturated heterocycles. The van der Waals surface area contributed by atoms with Crippen LogP contribution in [0, 0.1) is 0 Å². The van der Waals surface area contributed by atoms with Gasteiger partial charge < -0.3 is 15.0 Å². The van der Waals surface area contributed by atoms with E-state index >= 15 is 0 Å². The molecule has 2 aromatic heterocycles. The third-order valence-corrected chi connectivity index (χ3v) is 5.35. The fourth-order valence-electron chi connectivity index (χ4n) is 3.67. The van der Waals surface area contributed by atoms with Crippen LogP contribution < -0.4 is 15.8 Å². The molecular weight excluding hydrogens is 392 g/mol. The van der Waals surface area contributed by atoms with Crippen molar-refractivity contribution in [1.82, 2.24) is 19.5 Å². The molecule has 1 N–H and O–H groups in total. The van der Waals surface area contributed by atoms with Crippen molar-refractivity contribution in [2.24, 2.45) is 7.05 Å². The number of rotatable bonds is 4. The van der Waals surface area contributed by atoms with E-state index in [0.29, 0.717) is 22.8 Å². The van der Waals surface area contributed by atoms with Crippen LogP contribution in [0.1, 0.15) is 0 Å². The Morgan fingerprint density at radius 3 is 2.45 bits per heavy atom. The van der Waals surface area contributed by atoms with E-state index in [0.717, 1.165) is 43.2 Å². The van der Waals surface area contributed by atoms with Crippen molar-refractivity contribution in [3.63, 3.8) is 0 Å². The Bertz CT molecular complexity index is 1270. The van der Waals surface area contributed by atoms with Gasteiger partial charge in [-0.15, -0.1) is 0 Å². The summed E-state index contributed by atoms with van der Waals surface area (Å²) in [5.74, 6) is 0.413. The fraction of sp³-hybridized carbons (Fsp3) is 0.217. The molecule has 0 atom stereocenters. The second-order valence-corrected chi connectivity index (χ2v) is 7.36. The van der Waals surface area contributed by atoms with Gasteiger partial charge in [0.25, 0.3) is 5.56 Å². The topological polar surface area (TPSA) is 85.2 Å². The lowest BCUT2D eigenvalue weighted by atomic mass is 10.1. The van der Waals surface area contributed by atoms with Crippen LogP contribution in [0.3, 0.4) is 0 Å². The minimum Gasteiger partial charge on any atom is -0.378 e. The molecule has 0 aliphatic carbocycles. The van der Waals surface area contributed by atoms with Gasteiger partial charge in [-0.1, -0.05) is 30.3 Å². The Hall–Kier alpha value is -3.78. The van der Waals surface area contributed by atoms with Crippen molar-refractivity contribution < 1.29 is 4.74 Å². The number of aryl methyl sites for hydroxylation is 1. The minimum absolute atomic E-state index is 0.196. The summed E-state index contributed by atoms with van der Waals surface area (Å²) < 4.78 is 6.92. The second kappa shape index (κ2) is 8.16. The molecule has 3 heterocycles. The first-order valence-electron chi connectivity index (χ1n) is 10.2. The van der Waals surface area contributed by atoms with Crippen LogP contribution in [0.2, 0.25) is 0 Å².